The molecule has 0 aliphatic carbocycles. The molecule has 2 rings (SSSR count). The molecule has 6 nitrogen and oxygen atoms in total. The zero-order chi connectivity index (χ0) is 15.9. The Kier molecular flexibility index (Phi) is 4.15. The lowest BCUT2D eigenvalue weighted by Gasteiger charge is -2.42. The lowest BCUT2D eigenvalue weighted by Crippen LogP contribution is -2.67. The SMILES string of the molecule is CCC1C(=O)NC(C)(C)C(=O)N1Cc1c(Br)c(C)nn1C. The summed E-state index contributed by atoms with van der Waals surface area (Å²) in [5.41, 5.74) is 0.890. The lowest BCUT2D eigenvalue weighted by atomic mass is 9.95. The molecule has 1 unspecified atom stereocenters. The fourth-order valence-corrected chi connectivity index (χ4v) is 3.15. The molecule has 116 valence electrons. The summed E-state index contributed by atoms with van der Waals surface area (Å²) in [7, 11) is 1.84. The van der Waals surface area contributed by atoms with Crippen molar-refractivity contribution in [2.45, 2.75) is 52.2 Å². The highest BCUT2D eigenvalue weighted by atomic mass is 79.9. The van der Waals surface area contributed by atoms with E-state index in [1.807, 2.05) is 20.9 Å². The molecule has 0 aromatic carbocycles. The molecule has 1 saturated heterocycles. The molecule has 7 heteroatoms. The maximum atomic E-state index is 12.7. The van der Waals surface area contributed by atoms with Gasteiger partial charge in [-0.1, -0.05) is 6.92 Å². The summed E-state index contributed by atoms with van der Waals surface area (Å²) in [4.78, 5) is 26.5. The number of piperazine rings is 1. The number of nitrogens with one attached hydrogen (secondary N) is 1. The summed E-state index contributed by atoms with van der Waals surface area (Å²) >= 11 is 3.51. The molecular weight excluding hydrogens is 336 g/mol. The topological polar surface area (TPSA) is 67.2 Å². The largest absolute Gasteiger partial charge is 0.340 e. The van der Waals surface area contributed by atoms with Gasteiger partial charge in [0.25, 0.3) is 0 Å². The standard InChI is InChI=1S/C14H21BrN4O2/c1-6-9-12(20)16-14(3,4)13(21)19(9)7-10-11(15)8(2)17-18(10)5/h9H,6-7H2,1-5H3,(H,16,20). The van der Waals surface area contributed by atoms with Crippen molar-refractivity contribution in [1.29, 1.82) is 0 Å². The molecule has 0 radical (unpaired) electrons. The predicted octanol–water partition coefficient (Wildman–Crippen LogP) is 1.51. The van der Waals surface area contributed by atoms with Crippen molar-refractivity contribution in [3.63, 3.8) is 0 Å². The normalized spacial score (nSPS) is 21.6. The molecule has 2 heterocycles. The molecule has 2 amide bonds. The molecule has 0 saturated carbocycles. The second-order valence-electron chi connectivity index (χ2n) is 5.94. The number of hydrogen-bond donors (Lipinski definition) is 1. The first-order valence-electron chi connectivity index (χ1n) is 7.00. The average molecular weight is 357 g/mol. The van der Waals surface area contributed by atoms with Gasteiger partial charge in [-0.25, -0.2) is 0 Å². The predicted molar refractivity (Wildman–Crippen MR) is 82.5 cm³/mol. The fourth-order valence-electron chi connectivity index (χ4n) is 2.69. The van der Waals surface area contributed by atoms with Crippen LogP contribution in [-0.4, -0.2) is 38.1 Å². The number of rotatable bonds is 3. The number of carbonyl (C=O) groups is 2. The van der Waals surface area contributed by atoms with E-state index in [0.717, 1.165) is 15.9 Å². The van der Waals surface area contributed by atoms with Crippen molar-refractivity contribution in [3.8, 4) is 0 Å². The molecule has 1 fully saturated rings. The van der Waals surface area contributed by atoms with Crippen molar-refractivity contribution in [3.05, 3.63) is 15.9 Å². The second-order valence-corrected chi connectivity index (χ2v) is 6.73. The Labute approximate surface area is 133 Å². The van der Waals surface area contributed by atoms with Crippen LogP contribution in [0.1, 0.15) is 38.6 Å². The Morgan fingerprint density at radius 3 is 2.48 bits per heavy atom. The van der Waals surface area contributed by atoms with Crippen LogP contribution in [0.3, 0.4) is 0 Å². The van der Waals surface area contributed by atoms with Gasteiger partial charge >= 0.3 is 0 Å². The molecule has 0 bridgehead atoms. The van der Waals surface area contributed by atoms with Gasteiger partial charge in [-0.15, -0.1) is 0 Å². The van der Waals surface area contributed by atoms with Gasteiger partial charge in [0.15, 0.2) is 0 Å². The van der Waals surface area contributed by atoms with E-state index in [9.17, 15) is 9.59 Å². The van der Waals surface area contributed by atoms with Crippen LogP contribution in [0.15, 0.2) is 4.47 Å². The minimum atomic E-state index is -0.872. The second kappa shape index (κ2) is 5.44. The smallest absolute Gasteiger partial charge is 0.248 e. The number of carbonyl (C=O) groups excluding carboxylic acids is 2. The van der Waals surface area contributed by atoms with Gasteiger partial charge in [-0.05, 0) is 43.1 Å². The van der Waals surface area contributed by atoms with Crippen LogP contribution in [0.5, 0.6) is 0 Å². The van der Waals surface area contributed by atoms with E-state index in [0.29, 0.717) is 13.0 Å². The third-order valence-electron chi connectivity index (χ3n) is 3.88. The van der Waals surface area contributed by atoms with Gasteiger partial charge in [-0.3, -0.25) is 14.3 Å². The molecule has 1 aromatic heterocycles. The molecule has 21 heavy (non-hydrogen) atoms. The summed E-state index contributed by atoms with van der Waals surface area (Å²) in [6.07, 6.45) is 0.585. The summed E-state index contributed by atoms with van der Waals surface area (Å²) in [5, 5.41) is 7.13. The van der Waals surface area contributed by atoms with Crippen LogP contribution in [0, 0.1) is 6.92 Å². The Morgan fingerprint density at radius 2 is 2.00 bits per heavy atom. The highest BCUT2D eigenvalue weighted by Crippen LogP contribution is 2.26. The monoisotopic (exact) mass is 356 g/mol. The van der Waals surface area contributed by atoms with Crippen LogP contribution in [0.25, 0.3) is 0 Å². The molecule has 0 spiro atoms. The summed E-state index contributed by atoms with van der Waals surface area (Å²) in [6, 6.07) is -0.437. The molecule has 1 aromatic rings. The van der Waals surface area contributed by atoms with Crippen molar-refractivity contribution in [2.75, 3.05) is 0 Å². The van der Waals surface area contributed by atoms with Gasteiger partial charge < -0.3 is 10.2 Å². The number of aryl methyl sites for hydroxylation is 2. The quantitative estimate of drug-likeness (QED) is 0.892. The van der Waals surface area contributed by atoms with Crippen LogP contribution in [-0.2, 0) is 23.2 Å². The minimum Gasteiger partial charge on any atom is -0.340 e. The summed E-state index contributed by atoms with van der Waals surface area (Å²) in [6.45, 7) is 7.64. The first-order valence-corrected chi connectivity index (χ1v) is 7.79. The van der Waals surface area contributed by atoms with Crippen molar-refractivity contribution >= 4 is 27.7 Å². The zero-order valence-corrected chi connectivity index (χ0v) is 14.6. The van der Waals surface area contributed by atoms with E-state index < -0.39 is 11.6 Å². The maximum Gasteiger partial charge on any atom is 0.248 e. The van der Waals surface area contributed by atoms with Gasteiger partial charge in [0.1, 0.15) is 11.6 Å². The van der Waals surface area contributed by atoms with Crippen LogP contribution >= 0.6 is 15.9 Å². The van der Waals surface area contributed by atoms with Gasteiger partial charge in [0.05, 0.1) is 22.4 Å². The minimum absolute atomic E-state index is 0.0697. The van der Waals surface area contributed by atoms with E-state index in [1.165, 1.54) is 0 Å². The van der Waals surface area contributed by atoms with E-state index in [-0.39, 0.29) is 11.8 Å². The van der Waals surface area contributed by atoms with Crippen molar-refractivity contribution in [2.24, 2.45) is 7.05 Å². The van der Waals surface area contributed by atoms with Crippen LogP contribution in [0.4, 0.5) is 0 Å². The number of aromatic nitrogens is 2. The maximum absolute atomic E-state index is 12.7. The van der Waals surface area contributed by atoms with E-state index in [4.69, 9.17) is 0 Å². The van der Waals surface area contributed by atoms with Gasteiger partial charge in [-0.2, -0.15) is 5.10 Å². The number of halogens is 1. The third kappa shape index (κ3) is 2.71. The average Bonchev–Trinajstić information content (AvgIpc) is 2.61. The molecule has 1 aliphatic heterocycles. The Balaban J connectivity index is 2.38. The lowest BCUT2D eigenvalue weighted by molar-refractivity contribution is -0.154. The Hall–Kier alpha value is -1.37. The highest BCUT2D eigenvalue weighted by Gasteiger charge is 2.44. The molecule has 1 aliphatic rings. The summed E-state index contributed by atoms with van der Waals surface area (Å²) in [5.74, 6) is -0.170. The van der Waals surface area contributed by atoms with Gasteiger partial charge in [0.2, 0.25) is 11.8 Å². The van der Waals surface area contributed by atoms with Crippen molar-refractivity contribution < 1.29 is 9.59 Å². The molecule has 1 atom stereocenters. The highest BCUT2D eigenvalue weighted by molar-refractivity contribution is 9.10. The van der Waals surface area contributed by atoms with E-state index in [1.54, 1.807) is 23.4 Å². The Bertz CT molecular complexity index is 594. The van der Waals surface area contributed by atoms with Gasteiger partial charge in [0, 0.05) is 7.05 Å². The fraction of sp³-hybridized carbons (Fsp3) is 0.643. The number of hydrogen-bond acceptors (Lipinski definition) is 3. The number of amides is 2. The zero-order valence-electron chi connectivity index (χ0n) is 13.0. The Morgan fingerprint density at radius 1 is 1.38 bits per heavy atom. The summed E-state index contributed by atoms with van der Waals surface area (Å²) < 4.78 is 2.63. The van der Waals surface area contributed by atoms with E-state index >= 15 is 0 Å². The van der Waals surface area contributed by atoms with Crippen molar-refractivity contribution in [1.82, 2.24) is 20.0 Å². The molecule has 1 N–H and O–H groups in total. The third-order valence-corrected chi connectivity index (χ3v) is 4.91. The van der Waals surface area contributed by atoms with E-state index in [2.05, 4.69) is 26.3 Å². The van der Waals surface area contributed by atoms with Crippen LogP contribution in [0.2, 0.25) is 0 Å². The first kappa shape index (κ1) is 16.0. The number of nitrogens with zero attached hydrogens (tertiary/aromatic N) is 3. The molecular formula is C14H21BrN4O2. The van der Waals surface area contributed by atoms with Crippen LogP contribution < -0.4 is 5.32 Å². The first-order chi connectivity index (χ1) is 9.69.